The summed E-state index contributed by atoms with van der Waals surface area (Å²) in [4.78, 5) is 2.51. The molecule has 12 rings (SSSR count). The van der Waals surface area contributed by atoms with Crippen LogP contribution in [0.4, 0.5) is 17.1 Å². The molecule has 1 spiro atoms. The molecule has 0 radical (unpaired) electrons. The molecule has 56 heavy (non-hydrogen) atoms. The molecule has 3 aliphatic rings. The first-order chi connectivity index (χ1) is 27.8. The Hall–Kier alpha value is -7.22. The largest absolute Gasteiger partial charge is 0.310 e. The van der Waals surface area contributed by atoms with Crippen LogP contribution in [0.2, 0.25) is 0 Å². The van der Waals surface area contributed by atoms with E-state index in [1.54, 1.807) is 0 Å². The monoisotopic (exact) mass is 709 g/mol. The van der Waals surface area contributed by atoms with Crippen LogP contribution in [0.5, 0.6) is 0 Å². The summed E-state index contributed by atoms with van der Waals surface area (Å²) in [5.41, 5.74) is 23.5. The summed E-state index contributed by atoms with van der Waals surface area (Å²) in [5.74, 6) is 0. The van der Waals surface area contributed by atoms with Crippen molar-refractivity contribution < 1.29 is 0 Å². The number of hydrogen-bond acceptors (Lipinski definition) is 1. The normalized spacial score (nSPS) is 13.1. The average molecular weight is 710 g/mol. The maximum absolute atomic E-state index is 2.51. The highest BCUT2D eigenvalue weighted by atomic mass is 15.1. The van der Waals surface area contributed by atoms with Crippen molar-refractivity contribution in [2.24, 2.45) is 0 Å². The van der Waals surface area contributed by atoms with Crippen LogP contribution in [0.15, 0.2) is 212 Å². The van der Waals surface area contributed by atoms with E-state index in [1.165, 1.54) is 94.7 Å². The molecule has 0 aromatic heterocycles. The van der Waals surface area contributed by atoms with Gasteiger partial charge < -0.3 is 4.90 Å². The zero-order chi connectivity index (χ0) is 36.8. The zero-order valence-corrected chi connectivity index (χ0v) is 30.7. The van der Waals surface area contributed by atoms with Crippen LogP contribution in [-0.2, 0) is 5.41 Å². The van der Waals surface area contributed by atoms with Crippen molar-refractivity contribution in [2.75, 3.05) is 4.90 Å². The van der Waals surface area contributed by atoms with E-state index in [0.29, 0.717) is 0 Å². The molecule has 9 aromatic carbocycles. The van der Waals surface area contributed by atoms with E-state index in [0.717, 1.165) is 11.4 Å². The van der Waals surface area contributed by atoms with Crippen molar-refractivity contribution in [3.05, 3.63) is 235 Å². The summed E-state index contributed by atoms with van der Waals surface area (Å²) < 4.78 is 0. The molecule has 1 heteroatoms. The van der Waals surface area contributed by atoms with Crippen molar-refractivity contribution in [2.45, 2.75) is 5.41 Å². The summed E-state index contributed by atoms with van der Waals surface area (Å²) in [5, 5.41) is 0. The Bertz CT molecular complexity index is 2970. The molecular formula is C55H35N. The fourth-order valence-corrected chi connectivity index (χ4v) is 10.3. The van der Waals surface area contributed by atoms with Crippen LogP contribution in [0.1, 0.15) is 22.3 Å². The second-order valence-electron chi connectivity index (χ2n) is 15.1. The van der Waals surface area contributed by atoms with Crippen LogP contribution in [-0.4, -0.2) is 0 Å². The van der Waals surface area contributed by atoms with Crippen LogP contribution in [0.25, 0.3) is 66.8 Å². The number of hydrogen-bond donors (Lipinski definition) is 0. The Morgan fingerprint density at radius 3 is 1.12 bits per heavy atom. The molecular weight excluding hydrogens is 675 g/mol. The quantitative estimate of drug-likeness (QED) is 0.177. The van der Waals surface area contributed by atoms with Crippen molar-refractivity contribution in [1.29, 1.82) is 0 Å². The Morgan fingerprint density at radius 1 is 0.250 bits per heavy atom. The molecule has 0 saturated heterocycles. The third-order valence-electron chi connectivity index (χ3n) is 12.4. The number of rotatable bonds is 3. The van der Waals surface area contributed by atoms with E-state index in [1.807, 2.05) is 0 Å². The van der Waals surface area contributed by atoms with Gasteiger partial charge in [-0.05, 0) is 114 Å². The van der Waals surface area contributed by atoms with Gasteiger partial charge in [-0.25, -0.2) is 0 Å². The molecule has 9 aromatic rings. The lowest BCUT2D eigenvalue weighted by Crippen LogP contribution is -2.28. The number of fused-ring (bicyclic) bond motifs is 18. The van der Waals surface area contributed by atoms with E-state index in [2.05, 4.69) is 217 Å². The Kier molecular flexibility index (Phi) is 6.62. The zero-order valence-electron chi connectivity index (χ0n) is 30.7. The van der Waals surface area contributed by atoms with E-state index in [-0.39, 0.29) is 0 Å². The lowest BCUT2D eigenvalue weighted by Gasteiger charge is -2.36. The number of para-hydroxylation sites is 1. The highest BCUT2D eigenvalue weighted by Crippen LogP contribution is 2.65. The smallest absolute Gasteiger partial charge is 0.0746 e. The van der Waals surface area contributed by atoms with Crippen molar-refractivity contribution in [3.63, 3.8) is 0 Å². The summed E-state index contributed by atoms with van der Waals surface area (Å²) in [6.07, 6.45) is 0. The molecule has 0 aliphatic heterocycles. The number of nitrogens with zero attached hydrogens (tertiary/aromatic N) is 1. The maximum Gasteiger partial charge on any atom is 0.0746 e. The Labute approximate surface area is 327 Å². The molecule has 260 valence electrons. The minimum absolute atomic E-state index is 0.485. The molecule has 0 unspecified atom stereocenters. The van der Waals surface area contributed by atoms with Gasteiger partial charge in [0.05, 0.1) is 11.1 Å². The third-order valence-corrected chi connectivity index (χ3v) is 12.4. The number of benzene rings is 9. The van der Waals surface area contributed by atoms with Crippen molar-refractivity contribution in [1.82, 2.24) is 0 Å². The van der Waals surface area contributed by atoms with E-state index >= 15 is 0 Å². The lowest BCUT2D eigenvalue weighted by molar-refractivity contribution is 0.793. The van der Waals surface area contributed by atoms with Gasteiger partial charge in [-0.3, -0.25) is 0 Å². The predicted molar refractivity (Wildman–Crippen MR) is 233 cm³/mol. The first-order valence-corrected chi connectivity index (χ1v) is 19.5. The molecule has 0 N–H and O–H groups in total. The minimum Gasteiger partial charge on any atom is -0.310 e. The fraction of sp³-hybridized carbons (Fsp3) is 0.0182. The Morgan fingerprint density at radius 2 is 0.625 bits per heavy atom. The minimum atomic E-state index is -0.485. The van der Waals surface area contributed by atoms with Gasteiger partial charge in [0.2, 0.25) is 0 Å². The molecule has 0 atom stereocenters. The summed E-state index contributed by atoms with van der Waals surface area (Å²) in [6.45, 7) is 0. The number of anilines is 3. The summed E-state index contributed by atoms with van der Waals surface area (Å²) in [7, 11) is 0. The van der Waals surface area contributed by atoms with Crippen molar-refractivity contribution >= 4 is 17.1 Å². The summed E-state index contributed by atoms with van der Waals surface area (Å²) in [6, 6.07) is 78.9. The SMILES string of the molecule is c1ccc(N(c2ccc3c(c2)-c2ccccc2-c2ccccc2-c2ccccc2-3)c2cccc3c2C2(c4ccccc4-c4ccccc42)c2ccccc2-3)cc1. The predicted octanol–water partition coefficient (Wildman–Crippen LogP) is 14.5. The third kappa shape index (κ3) is 4.15. The molecule has 0 amide bonds. The van der Waals surface area contributed by atoms with Crippen LogP contribution >= 0.6 is 0 Å². The van der Waals surface area contributed by atoms with E-state index in [4.69, 9.17) is 0 Å². The first-order valence-electron chi connectivity index (χ1n) is 19.5. The fourth-order valence-electron chi connectivity index (χ4n) is 10.3. The average Bonchev–Trinajstić information content (AvgIpc) is 3.74. The van der Waals surface area contributed by atoms with Gasteiger partial charge in [-0.15, -0.1) is 0 Å². The van der Waals surface area contributed by atoms with Gasteiger partial charge in [0, 0.05) is 16.9 Å². The van der Waals surface area contributed by atoms with Gasteiger partial charge in [0.1, 0.15) is 0 Å². The molecule has 0 heterocycles. The molecule has 3 aliphatic carbocycles. The van der Waals surface area contributed by atoms with Crippen LogP contribution < -0.4 is 4.90 Å². The topological polar surface area (TPSA) is 3.24 Å². The molecule has 0 fully saturated rings. The second-order valence-corrected chi connectivity index (χ2v) is 15.1. The molecule has 1 nitrogen and oxygen atoms in total. The molecule has 0 saturated carbocycles. The maximum atomic E-state index is 2.51. The van der Waals surface area contributed by atoms with Gasteiger partial charge in [0.15, 0.2) is 0 Å². The standard InChI is InChI=1S/C55H35N/c1-2-17-36(18-3-1)56(37-33-34-44-42-23-7-6-21-40(42)38-19-4-5-20-39(38)41-22-8-9-24-43(41)49(44)35-37)53-32-16-28-48-47-27-12-15-31-52(47)55(54(48)53)50-29-13-10-25-45(50)46-26-11-14-30-51(46)55/h1-35H. The van der Waals surface area contributed by atoms with Crippen LogP contribution in [0.3, 0.4) is 0 Å². The highest BCUT2D eigenvalue weighted by molar-refractivity contribution is 6.05. The highest BCUT2D eigenvalue weighted by Gasteiger charge is 2.53. The van der Waals surface area contributed by atoms with Gasteiger partial charge in [-0.1, -0.05) is 182 Å². The summed E-state index contributed by atoms with van der Waals surface area (Å²) >= 11 is 0. The van der Waals surface area contributed by atoms with E-state index in [9.17, 15) is 0 Å². The van der Waals surface area contributed by atoms with Crippen LogP contribution in [0, 0.1) is 0 Å². The molecule has 0 bridgehead atoms. The lowest BCUT2D eigenvalue weighted by atomic mass is 9.70. The Balaban J connectivity index is 1.17. The van der Waals surface area contributed by atoms with E-state index < -0.39 is 5.41 Å². The second kappa shape index (κ2) is 11.9. The van der Waals surface area contributed by atoms with Crippen molar-refractivity contribution in [3.8, 4) is 66.8 Å². The van der Waals surface area contributed by atoms with Gasteiger partial charge in [-0.2, -0.15) is 0 Å². The van der Waals surface area contributed by atoms with Gasteiger partial charge in [0.25, 0.3) is 0 Å². The first kappa shape index (κ1) is 31.2. The van der Waals surface area contributed by atoms with Gasteiger partial charge >= 0.3 is 0 Å².